The molecule has 1 atom stereocenters. The van der Waals surface area contributed by atoms with Gasteiger partial charge in [-0.25, -0.2) is 0 Å². The minimum absolute atomic E-state index is 0.0148. The van der Waals surface area contributed by atoms with Crippen LogP contribution in [0.4, 0.5) is 0 Å². The van der Waals surface area contributed by atoms with Gasteiger partial charge in [0.25, 0.3) is 11.8 Å². The van der Waals surface area contributed by atoms with Gasteiger partial charge < -0.3 is 10.0 Å². The van der Waals surface area contributed by atoms with Crippen molar-refractivity contribution in [2.24, 2.45) is 5.92 Å². The molecule has 0 bridgehead atoms. The summed E-state index contributed by atoms with van der Waals surface area (Å²) in [6.45, 7) is 1.53. The molecule has 2 heterocycles. The lowest BCUT2D eigenvalue weighted by Gasteiger charge is -2.35. The van der Waals surface area contributed by atoms with Gasteiger partial charge in [-0.1, -0.05) is 88.1 Å². The number of nitrogens with zero attached hydrogens (tertiary/aromatic N) is 2. The van der Waals surface area contributed by atoms with Gasteiger partial charge in [0.1, 0.15) is 5.70 Å². The SMILES string of the molecule is O=C1C(c2ccccc2)=C(N2CCCC(CO)C2)C(=O)N1C1CCCCCCCCCCC1. The Labute approximate surface area is 198 Å². The molecular formula is C28H40N2O3. The minimum atomic E-state index is -0.121. The van der Waals surface area contributed by atoms with Crippen molar-refractivity contribution < 1.29 is 14.7 Å². The molecule has 1 aromatic carbocycles. The monoisotopic (exact) mass is 452 g/mol. The highest BCUT2D eigenvalue weighted by Gasteiger charge is 2.45. The molecule has 4 rings (SSSR count). The third-order valence-electron chi connectivity index (χ3n) is 7.69. The predicted molar refractivity (Wildman–Crippen MR) is 131 cm³/mol. The highest BCUT2D eigenvalue weighted by molar-refractivity contribution is 6.35. The summed E-state index contributed by atoms with van der Waals surface area (Å²) in [6.07, 6.45) is 14.7. The summed E-state index contributed by atoms with van der Waals surface area (Å²) in [5.41, 5.74) is 1.95. The summed E-state index contributed by atoms with van der Waals surface area (Å²) >= 11 is 0. The number of hydrogen-bond donors (Lipinski definition) is 1. The number of likely N-dealkylation sites (tertiary alicyclic amines) is 1. The van der Waals surface area contributed by atoms with Crippen molar-refractivity contribution in [2.45, 2.75) is 89.5 Å². The third-order valence-corrected chi connectivity index (χ3v) is 7.69. The Morgan fingerprint density at radius 1 is 0.758 bits per heavy atom. The molecule has 180 valence electrons. The second-order valence-corrected chi connectivity index (χ2v) is 10.1. The Bertz CT molecular complexity index is 823. The standard InChI is InChI=1S/C28H40N2O3/c31-21-22-14-13-19-29(20-22)26-25(23-15-9-8-10-16-23)27(32)30(28(26)33)24-17-11-6-4-2-1-3-5-7-12-18-24/h8-10,15-16,22,24,31H,1-7,11-14,17-21H2. The van der Waals surface area contributed by atoms with Crippen LogP contribution in [0.25, 0.3) is 5.57 Å². The molecule has 0 radical (unpaired) electrons. The lowest BCUT2D eigenvalue weighted by molar-refractivity contribution is -0.140. The molecule has 1 saturated carbocycles. The molecule has 1 saturated heterocycles. The van der Waals surface area contributed by atoms with E-state index in [2.05, 4.69) is 4.90 Å². The quantitative estimate of drug-likeness (QED) is 0.642. The number of aliphatic hydroxyl groups excluding tert-OH is 1. The van der Waals surface area contributed by atoms with Gasteiger partial charge in [0.05, 0.1) is 5.57 Å². The van der Waals surface area contributed by atoms with Crippen molar-refractivity contribution in [2.75, 3.05) is 19.7 Å². The molecule has 2 amide bonds. The molecular weight excluding hydrogens is 412 g/mol. The van der Waals surface area contributed by atoms with Crippen LogP contribution in [-0.4, -0.2) is 52.5 Å². The van der Waals surface area contributed by atoms with Crippen LogP contribution in [0.15, 0.2) is 36.0 Å². The van der Waals surface area contributed by atoms with E-state index >= 15 is 0 Å². The van der Waals surface area contributed by atoms with E-state index in [1.54, 1.807) is 4.90 Å². The Morgan fingerprint density at radius 3 is 1.97 bits per heavy atom. The molecule has 5 heteroatoms. The molecule has 1 aromatic rings. The Balaban J connectivity index is 1.62. The van der Waals surface area contributed by atoms with Crippen LogP contribution in [0.1, 0.15) is 89.0 Å². The highest BCUT2D eigenvalue weighted by atomic mass is 16.3. The number of imide groups is 1. The molecule has 0 aromatic heterocycles. The summed E-state index contributed by atoms with van der Waals surface area (Å²) in [4.78, 5) is 31.5. The largest absolute Gasteiger partial charge is 0.396 e. The zero-order valence-corrected chi connectivity index (χ0v) is 20.0. The number of piperidine rings is 1. The number of aliphatic hydroxyl groups is 1. The van der Waals surface area contributed by atoms with Gasteiger partial charge in [0, 0.05) is 25.7 Å². The van der Waals surface area contributed by atoms with Crippen LogP contribution in [0, 0.1) is 5.92 Å². The fourth-order valence-electron chi connectivity index (χ4n) is 5.84. The molecule has 33 heavy (non-hydrogen) atoms. The summed E-state index contributed by atoms with van der Waals surface area (Å²) in [5, 5.41) is 9.75. The van der Waals surface area contributed by atoms with Crippen molar-refractivity contribution in [1.29, 1.82) is 0 Å². The average Bonchev–Trinajstić information content (AvgIpc) is 3.10. The summed E-state index contributed by atoms with van der Waals surface area (Å²) in [7, 11) is 0. The van der Waals surface area contributed by atoms with E-state index in [0.29, 0.717) is 17.8 Å². The first kappa shape index (κ1) is 24.0. The molecule has 1 N–H and O–H groups in total. The van der Waals surface area contributed by atoms with Crippen molar-refractivity contribution >= 4 is 17.4 Å². The van der Waals surface area contributed by atoms with Gasteiger partial charge >= 0.3 is 0 Å². The number of carbonyl (C=O) groups excluding carboxylic acids is 2. The molecule has 5 nitrogen and oxygen atoms in total. The van der Waals surface area contributed by atoms with Gasteiger partial charge in [-0.05, 0) is 37.2 Å². The van der Waals surface area contributed by atoms with Crippen LogP contribution in [0.5, 0.6) is 0 Å². The van der Waals surface area contributed by atoms with E-state index in [0.717, 1.165) is 50.6 Å². The zero-order chi connectivity index (χ0) is 23.0. The summed E-state index contributed by atoms with van der Waals surface area (Å²) in [5.74, 6) is -0.0829. The van der Waals surface area contributed by atoms with Gasteiger partial charge in [0.15, 0.2) is 0 Å². The van der Waals surface area contributed by atoms with E-state index in [1.807, 2.05) is 30.3 Å². The van der Waals surface area contributed by atoms with E-state index in [1.165, 1.54) is 44.9 Å². The lowest BCUT2D eigenvalue weighted by atomic mass is 9.96. The van der Waals surface area contributed by atoms with Gasteiger partial charge in [-0.3, -0.25) is 14.5 Å². The molecule has 0 spiro atoms. The number of benzene rings is 1. The van der Waals surface area contributed by atoms with Crippen molar-refractivity contribution in [3.05, 3.63) is 41.6 Å². The first-order valence-corrected chi connectivity index (χ1v) is 13.2. The molecule has 2 aliphatic heterocycles. The van der Waals surface area contributed by atoms with Gasteiger partial charge in [-0.15, -0.1) is 0 Å². The molecule has 1 unspecified atom stereocenters. The van der Waals surface area contributed by atoms with E-state index < -0.39 is 0 Å². The third kappa shape index (κ3) is 5.68. The Hall–Kier alpha value is -2.14. The Kier molecular flexibility index (Phi) is 8.60. The van der Waals surface area contributed by atoms with E-state index in [4.69, 9.17) is 0 Å². The average molecular weight is 453 g/mol. The van der Waals surface area contributed by atoms with Crippen LogP contribution in [-0.2, 0) is 9.59 Å². The van der Waals surface area contributed by atoms with Gasteiger partial charge in [0.2, 0.25) is 0 Å². The molecule has 3 aliphatic rings. The number of hydrogen-bond acceptors (Lipinski definition) is 4. The molecule has 2 fully saturated rings. The highest BCUT2D eigenvalue weighted by Crippen LogP contribution is 2.36. The number of amides is 2. The smallest absolute Gasteiger partial charge is 0.278 e. The summed E-state index contributed by atoms with van der Waals surface area (Å²) < 4.78 is 0. The first-order valence-electron chi connectivity index (χ1n) is 13.2. The summed E-state index contributed by atoms with van der Waals surface area (Å²) in [6, 6.07) is 9.68. The maximum Gasteiger partial charge on any atom is 0.278 e. The van der Waals surface area contributed by atoms with Crippen LogP contribution < -0.4 is 0 Å². The van der Waals surface area contributed by atoms with Crippen LogP contribution in [0.3, 0.4) is 0 Å². The van der Waals surface area contributed by atoms with Crippen molar-refractivity contribution in [3.63, 3.8) is 0 Å². The zero-order valence-electron chi connectivity index (χ0n) is 20.0. The number of rotatable bonds is 4. The maximum absolute atomic E-state index is 13.9. The fourth-order valence-corrected chi connectivity index (χ4v) is 5.84. The van der Waals surface area contributed by atoms with Crippen LogP contribution >= 0.6 is 0 Å². The minimum Gasteiger partial charge on any atom is -0.396 e. The van der Waals surface area contributed by atoms with E-state index in [9.17, 15) is 14.7 Å². The van der Waals surface area contributed by atoms with Crippen molar-refractivity contribution in [3.8, 4) is 0 Å². The fraction of sp³-hybridized carbons (Fsp3) is 0.643. The topological polar surface area (TPSA) is 60.9 Å². The second-order valence-electron chi connectivity index (χ2n) is 10.1. The number of carbonyl (C=O) groups is 2. The Morgan fingerprint density at radius 2 is 1.36 bits per heavy atom. The second kappa shape index (κ2) is 11.8. The normalized spacial score (nSPS) is 24.7. The molecule has 1 aliphatic carbocycles. The predicted octanol–water partition coefficient (Wildman–Crippen LogP) is 5.14. The maximum atomic E-state index is 13.9. The van der Waals surface area contributed by atoms with Gasteiger partial charge in [-0.2, -0.15) is 0 Å². The lowest BCUT2D eigenvalue weighted by Crippen LogP contribution is -2.44. The first-order chi connectivity index (χ1) is 16.2. The van der Waals surface area contributed by atoms with E-state index in [-0.39, 0.29) is 30.4 Å². The van der Waals surface area contributed by atoms with Crippen molar-refractivity contribution in [1.82, 2.24) is 9.80 Å². The van der Waals surface area contributed by atoms with Crippen LogP contribution in [0.2, 0.25) is 0 Å².